The number of anilines is 2. The number of nitrogens with one attached hydrogen (secondary N) is 1. The molecule has 0 spiro atoms. The van der Waals surface area contributed by atoms with E-state index in [-0.39, 0.29) is 25.0 Å². The van der Waals surface area contributed by atoms with Crippen molar-refractivity contribution in [2.75, 3.05) is 23.4 Å². The molecule has 0 fully saturated rings. The van der Waals surface area contributed by atoms with Crippen molar-refractivity contribution in [2.24, 2.45) is 0 Å². The molecule has 7 heteroatoms. The molecule has 2 heterocycles. The van der Waals surface area contributed by atoms with Crippen molar-refractivity contribution in [1.29, 1.82) is 0 Å². The van der Waals surface area contributed by atoms with Crippen LogP contribution in [-0.2, 0) is 9.59 Å². The summed E-state index contributed by atoms with van der Waals surface area (Å²) in [6.45, 7) is 1.75. The van der Waals surface area contributed by atoms with Crippen LogP contribution >= 0.6 is 15.9 Å². The Morgan fingerprint density at radius 1 is 1.43 bits per heavy atom. The van der Waals surface area contributed by atoms with E-state index >= 15 is 0 Å². The third kappa shape index (κ3) is 3.34. The van der Waals surface area contributed by atoms with Crippen molar-refractivity contribution in [3.8, 4) is 5.75 Å². The molecule has 0 bridgehead atoms. The Hall–Kier alpha value is -2.41. The topological polar surface area (TPSA) is 71.5 Å². The van der Waals surface area contributed by atoms with E-state index in [1.54, 1.807) is 18.3 Å². The minimum Gasteiger partial charge on any atom is -0.480 e. The summed E-state index contributed by atoms with van der Waals surface area (Å²) >= 11 is 3.42. The highest BCUT2D eigenvalue weighted by Gasteiger charge is 2.28. The lowest BCUT2D eigenvalue weighted by Crippen LogP contribution is -2.43. The highest BCUT2D eigenvalue weighted by molar-refractivity contribution is 9.10. The molecule has 0 saturated heterocycles. The second kappa shape index (κ2) is 6.37. The molecule has 1 aliphatic rings. The number of carbonyl (C=O) groups is 2. The summed E-state index contributed by atoms with van der Waals surface area (Å²) in [5, 5.41) is 2.78. The fourth-order valence-electron chi connectivity index (χ4n) is 2.21. The number of pyridine rings is 1. The Labute approximate surface area is 141 Å². The standard InChI is InChI=1S/C16H14BrN3O3/c1-10-4-5-11(7-12(10)17)19-14(21)8-20-15(22)9-23-13-3-2-6-18-16(13)20/h2-7H,8-9H2,1H3,(H,19,21). The number of hydrogen-bond acceptors (Lipinski definition) is 4. The van der Waals surface area contributed by atoms with Gasteiger partial charge in [-0.1, -0.05) is 22.0 Å². The first kappa shape index (κ1) is 15.5. The van der Waals surface area contributed by atoms with Gasteiger partial charge >= 0.3 is 0 Å². The van der Waals surface area contributed by atoms with Gasteiger partial charge in [0.25, 0.3) is 5.91 Å². The van der Waals surface area contributed by atoms with Crippen LogP contribution in [0.4, 0.5) is 11.5 Å². The molecule has 6 nitrogen and oxygen atoms in total. The Balaban J connectivity index is 1.75. The molecular formula is C16H14BrN3O3. The number of ether oxygens (including phenoxy) is 1. The van der Waals surface area contributed by atoms with Crippen LogP contribution in [0.15, 0.2) is 41.0 Å². The van der Waals surface area contributed by atoms with Crippen molar-refractivity contribution in [3.63, 3.8) is 0 Å². The Bertz CT molecular complexity index is 779. The molecule has 0 saturated carbocycles. The van der Waals surface area contributed by atoms with E-state index in [1.165, 1.54) is 4.90 Å². The van der Waals surface area contributed by atoms with Gasteiger partial charge in [-0.3, -0.25) is 14.5 Å². The summed E-state index contributed by atoms with van der Waals surface area (Å²) in [5.74, 6) is 0.269. The molecule has 1 aromatic heterocycles. The largest absolute Gasteiger partial charge is 0.480 e. The van der Waals surface area contributed by atoms with E-state index in [1.807, 2.05) is 25.1 Å². The summed E-state index contributed by atoms with van der Waals surface area (Å²) in [4.78, 5) is 29.7. The zero-order valence-electron chi connectivity index (χ0n) is 12.4. The maximum Gasteiger partial charge on any atom is 0.266 e. The maximum absolute atomic E-state index is 12.2. The van der Waals surface area contributed by atoms with Gasteiger partial charge in [0.15, 0.2) is 18.2 Å². The lowest BCUT2D eigenvalue weighted by molar-refractivity contribution is -0.123. The van der Waals surface area contributed by atoms with E-state index in [9.17, 15) is 9.59 Å². The second-order valence-electron chi connectivity index (χ2n) is 5.11. The van der Waals surface area contributed by atoms with Gasteiger partial charge in [-0.25, -0.2) is 4.98 Å². The molecule has 0 aliphatic carbocycles. The quantitative estimate of drug-likeness (QED) is 0.894. The minimum absolute atomic E-state index is 0.0952. The minimum atomic E-state index is -0.299. The molecule has 2 aromatic rings. The molecule has 23 heavy (non-hydrogen) atoms. The fraction of sp³-hybridized carbons (Fsp3) is 0.188. The van der Waals surface area contributed by atoms with Crippen LogP contribution in [0.25, 0.3) is 0 Å². The van der Waals surface area contributed by atoms with E-state index in [4.69, 9.17) is 4.74 Å². The number of aryl methyl sites for hydroxylation is 1. The van der Waals surface area contributed by atoms with Gasteiger partial charge < -0.3 is 10.1 Å². The summed E-state index contributed by atoms with van der Waals surface area (Å²) in [7, 11) is 0. The van der Waals surface area contributed by atoms with Crippen molar-refractivity contribution < 1.29 is 14.3 Å². The first-order chi connectivity index (χ1) is 11.0. The van der Waals surface area contributed by atoms with Gasteiger partial charge in [0.1, 0.15) is 6.54 Å². The van der Waals surface area contributed by atoms with Crippen LogP contribution in [0, 0.1) is 6.92 Å². The van der Waals surface area contributed by atoms with E-state index in [2.05, 4.69) is 26.2 Å². The lowest BCUT2D eigenvalue weighted by atomic mass is 10.2. The number of nitrogens with zero attached hydrogens (tertiary/aromatic N) is 2. The molecule has 1 aromatic carbocycles. The van der Waals surface area contributed by atoms with E-state index in [0.717, 1.165) is 10.0 Å². The number of benzene rings is 1. The van der Waals surface area contributed by atoms with Crippen molar-refractivity contribution in [3.05, 3.63) is 46.6 Å². The van der Waals surface area contributed by atoms with Crippen LogP contribution in [0.3, 0.4) is 0 Å². The van der Waals surface area contributed by atoms with Crippen LogP contribution < -0.4 is 15.0 Å². The summed E-state index contributed by atoms with van der Waals surface area (Å²) in [6, 6.07) is 8.97. The predicted molar refractivity (Wildman–Crippen MR) is 89.6 cm³/mol. The van der Waals surface area contributed by atoms with Gasteiger partial charge in [-0.15, -0.1) is 0 Å². The highest BCUT2D eigenvalue weighted by Crippen LogP contribution is 2.28. The van der Waals surface area contributed by atoms with Crippen LogP contribution in [-0.4, -0.2) is 29.9 Å². The molecule has 1 N–H and O–H groups in total. The molecule has 1 aliphatic heterocycles. The predicted octanol–water partition coefficient (Wildman–Crippen LogP) is 2.52. The SMILES string of the molecule is Cc1ccc(NC(=O)CN2C(=O)COc3cccnc32)cc1Br. The Kier molecular flexibility index (Phi) is 4.29. The van der Waals surface area contributed by atoms with Crippen LogP contribution in [0.2, 0.25) is 0 Å². The summed E-state index contributed by atoms with van der Waals surface area (Å²) in [5.41, 5.74) is 1.74. The number of carbonyl (C=O) groups excluding carboxylic acids is 2. The van der Waals surface area contributed by atoms with Crippen molar-refractivity contribution in [1.82, 2.24) is 4.98 Å². The first-order valence-electron chi connectivity index (χ1n) is 6.99. The normalized spacial score (nSPS) is 13.3. The smallest absolute Gasteiger partial charge is 0.266 e. The average Bonchev–Trinajstić information content (AvgIpc) is 2.54. The number of rotatable bonds is 3. The summed E-state index contributed by atoms with van der Waals surface area (Å²) < 4.78 is 6.21. The Morgan fingerprint density at radius 2 is 2.26 bits per heavy atom. The third-order valence-corrected chi connectivity index (χ3v) is 4.27. The van der Waals surface area contributed by atoms with Crippen LogP contribution in [0.5, 0.6) is 5.75 Å². The van der Waals surface area contributed by atoms with Crippen molar-refractivity contribution in [2.45, 2.75) is 6.92 Å². The lowest BCUT2D eigenvalue weighted by Gasteiger charge is -2.27. The Morgan fingerprint density at radius 3 is 3.04 bits per heavy atom. The van der Waals surface area contributed by atoms with E-state index in [0.29, 0.717) is 17.3 Å². The highest BCUT2D eigenvalue weighted by atomic mass is 79.9. The monoisotopic (exact) mass is 375 g/mol. The number of aromatic nitrogens is 1. The molecule has 118 valence electrons. The number of hydrogen-bond donors (Lipinski definition) is 1. The van der Waals surface area contributed by atoms with Gasteiger partial charge in [0.05, 0.1) is 0 Å². The van der Waals surface area contributed by atoms with Crippen molar-refractivity contribution >= 4 is 39.2 Å². The average molecular weight is 376 g/mol. The zero-order valence-corrected chi connectivity index (χ0v) is 14.0. The molecule has 3 rings (SSSR count). The number of fused-ring (bicyclic) bond motifs is 1. The number of halogens is 1. The molecule has 0 unspecified atom stereocenters. The van der Waals surface area contributed by atoms with Gasteiger partial charge in [0.2, 0.25) is 5.91 Å². The maximum atomic E-state index is 12.2. The fourth-order valence-corrected chi connectivity index (χ4v) is 2.59. The van der Waals surface area contributed by atoms with E-state index < -0.39 is 0 Å². The molecule has 0 atom stereocenters. The molecule has 0 radical (unpaired) electrons. The summed E-state index contributed by atoms with van der Waals surface area (Å²) in [6.07, 6.45) is 1.56. The van der Waals surface area contributed by atoms with Gasteiger partial charge in [-0.05, 0) is 36.8 Å². The van der Waals surface area contributed by atoms with Gasteiger partial charge in [-0.2, -0.15) is 0 Å². The first-order valence-corrected chi connectivity index (χ1v) is 7.78. The van der Waals surface area contributed by atoms with Gasteiger partial charge in [0, 0.05) is 16.4 Å². The second-order valence-corrected chi connectivity index (χ2v) is 5.96. The third-order valence-electron chi connectivity index (χ3n) is 3.42. The van der Waals surface area contributed by atoms with Crippen LogP contribution in [0.1, 0.15) is 5.56 Å². The zero-order chi connectivity index (χ0) is 16.4. The molecular weight excluding hydrogens is 362 g/mol. The molecule has 2 amide bonds. The number of amides is 2.